The second-order valence-corrected chi connectivity index (χ2v) is 16.5. The van der Waals surface area contributed by atoms with E-state index in [1.807, 2.05) is 0 Å². The van der Waals surface area contributed by atoms with Crippen molar-refractivity contribution in [2.24, 2.45) is 0 Å². The lowest BCUT2D eigenvalue weighted by Crippen LogP contribution is -2.36. The molecule has 1 aliphatic heterocycles. The van der Waals surface area contributed by atoms with Crippen molar-refractivity contribution in [3.8, 4) is 0 Å². The first-order valence-electron chi connectivity index (χ1n) is 10.2. The maximum absolute atomic E-state index is 12.4. The Bertz CT molecular complexity index is 1640. The van der Waals surface area contributed by atoms with Crippen LogP contribution in [0.15, 0.2) is 12.7 Å². The van der Waals surface area contributed by atoms with Crippen molar-refractivity contribution in [3.63, 3.8) is 0 Å². The first-order chi connectivity index (χ1) is 19.3. The summed E-state index contributed by atoms with van der Waals surface area (Å²) in [7, 11) is -35.4. The lowest BCUT2D eigenvalue weighted by molar-refractivity contribution is -0.0501. The van der Waals surface area contributed by atoms with Crippen LogP contribution in [0.4, 0.5) is 5.82 Å². The highest BCUT2D eigenvalue weighted by atomic mass is 31.3. The second kappa shape index (κ2) is 12.7. The standard InChI is InChI=1S/C10H19N5O22P6/c11-8-5-9(13-2-12-8)15(3-14-5)10-6(16)7(33-41(25,26)37-43(29,30)35-39(20,21)22)4(32-10)1-31-40(23,24)36-42(27,28)34-38(17,18)19/h2-4,6-7,10,16H,1H2,(H,23,24)(H,25,26)(H,27,28)(H,29,30)(H2,11,12,13)(H2,17,18,19)(H2,20,21,22). The SMILES string of the molecule is Nc1ncnc2c1ncn2C1OC(COP(=O)(O)OP(=O)(O)OP(=O)(O)O)C(OP(=O)(O)OP(=O)(O)OP(=O)(O)O)C1O. The van der Waals surface area contributed by atoms with Crippen molar-refractivity contribution >= 4 is 63.9 Å². The number of phosphoric acid groups is 6. The minimum Gasteiger partial charge on any atom is -0.386 e. The van der Waals surface area contributed by atoms with Gasteiger partial charge in [0.1, 0.15) is 30.2 Å². The molecule has 27 nitrogen and oxygen atoms in total. The summed E-state index contributed by atoms with van der Waals surface area (Å²) >= 11 is 0. The molecule has 33 heteroatoms. The molecule has 1 aliphatic rings. The topological polar surface area (TPSA) is 419 Å². The Morgan fingerprint density at radius 3 is 1.86 bits per heavy atom. The molecule has 0 aromatic carbocycles. The number of fused-ring (bicyclic) bond motifs is 1. The fourth-order valence-corrected chi connectivity index (χ4v) is 9.45. The minimum atomic E-state index is -6.06. The van der Waals surface area contributed by atoms with E-state index in [1.165, 1.54) is 0 Å². The summed E-state index contributed by atoms with van der Waals surface area (Å²) in [6.07, 6.45) is -6.46. The molecule has 246 valence electrons. The van der Waals surface area contributed by atoms with E-state index in [4.69, 9.17) is 30.0 Å². The Hall–Kier alpha value is -0.910. The smallest absolute Gasteiger partial charge is 0.386 e. The lowest BCUT2D eigenvalue weighted by Gasteiger charge is -2.24. The van der Waals surface area contributed by atoms with Crippen molar-refractivity contribution < 1.29 is 103 Å². The van der Waals surface area contributed by atoms with Gasteiger partial charge in [0, 0.05) is 0 Å². The number of aliphatic hydroxyl groups excluding tert-OH is 1. The highest BCUT2D eigenvalue weighted by Crippen LogP contribution is 2.68. The first-order valence-corrected chi connectivity index (χ1v) is 19.2. The summed E-state index contributed by atoms with van der Waals surface area (Å²) in [5.74, 6) is -0.162. The van der Waals surface area contributed by atoms with Gasteiger partial charge in [0.15, 0.2) is 17.7 Å². The fraction of sp³-hybridized carbons (Fsp3) is 0.500. The van der Waals surface area contributed by atoms with Crippen molar-refractivity contribution in [1.82, 2.24) is 19.5 Å². The molecule has 2 aromatic rings. The van der Waals surface area contributed by atoms with E-state index in [0.717, 1.165) is 17.2 Å². The summed E-state index contributed by atoms with van der Waals surface area (Å²) in [6.45, 7) is -1.42. The average Bonchev–Trinajstić information content (AvgIpc) is 3.29. The fourth-order valence-electron chi connectivity index (χ4n) is 3.19. The van der Waals surface area contributed by atoms with Crippen LogP contribution in [0.25, 0.3) is 11.2 Å². The summed E-state index contributed by atoms with van der Waals surface area (Å²) < 4.78 is 99.0. The molecule has 0 aliphatic carbocycles. The molecule has 43 heavy (non-hydrogen) atoms. The third-order valence-electron chi connectivity index (χ3n) is 4.46. The summed E-state index contributed by atoms with van der Waals surface area (Å²) in [4.78, 5) is 84.3. The predicted molar refractivity (Wildman–Crippen MR) is 128 cm³/mol. The van der Waals surface area contributed by atoms with Crippen LogP contribution in [-0.2, 0) is 58.4 Å². The van der Waals surface area contributed by atoms with Crippen molar-refractivity contribution in [2.75, 3.05) is 12.3 Å². The Labute approximate surface area is 236 Å². The number of anilines is 1. The van der Waals surface area contributed by atoms with Gasteiger partial charge in [0.05, 0.1) is 12.9 Å². The number of aliphatic hydroxyl groups is 1. The van der Waals surface area contributed by atoms with Crippen LogP contribution in [0.1, 0.15) is 6.23 Å². The van der Waals surface area contributed by atoms with E-state index in [1.54, 1.807) is 0 Å². The number of ether oxygens (including phenoxy) is 1. The van der Waals surface area contributed by atoms with Gasteiger partial charge in [-0.15, -0.1) is 0 Å². The van der Waals surface area contributed by atoms with E-state index < -0.39 is 78.1 Å². The van der Waals surface area contributed by atoms with Gasteiger partial charge in [0.25, 0.3) is 0 Å². The zero-order valence-electron chi connectivity index (χ0n) is 20.1. The normalized spacial score (nSPS) is 27.3. The largest absolute Gasteiger partial charge is 0.490 e. The van der Waals surface area contributed by atoms with Crippen LogP contribution in [0.3, 0.4) is 0 Å². The molecule has 1 fully saturated rings. The highest BCUT2D eigenvalue weighted by molar-refractivity contribution is 7.67. The Balaban J connectivity index is 1.90. The van der Waals surface area contributed by atoms with Gasteiger partial charge in [-0.25, -0.2) is 42.3 Å². The number of rotatable bonds is 14. The van der Waals surface area contributed by atoms with E-state index >= 15 is 0 Å². The highest BCUT2D eigenvalue weighted by Gasteiger charge is 2.52. The number of nitrogen functional groups attached to an aromatic ring is 1. The van der Waals surface area contributed by atoms with E-state index in [-0.39, 0.29) is 17.0 Å². The summed E-state index contributed by atoms with van der Waals surface area (Å²) in [5.41, 5.74) is 5.48. The van der Waals surface area contributed by atoms with Gasteiger partial charge >= 0.3 is 46.9 Å². The van der Waals surface area contributed by atoms with Gasteiger partial charge in [0.2, 0.25) is 0 Å². The van der Waals surface area contributed by atoms with Crippen LogP contribution in [0.2, 0.25) is 0 Å². The molecule has 3 heterocycles. The monoisotopic (exact) mass is 747 g/mol. The van der Waals surface area contributed by atoms with Crippen LogP contribution < -0.4 is 5.73 Å². The number of aromatic nitrogens is 4. The molecule has 0 radical (unpaired) electrons. The zero-order chi connectivity index (χ0) is 32.8. The Morgan fingerprint density at radius 2 is 1.33 bits per heavy atom. The van der Waals surface area contributed by atoms with Gasteiger partial charge in [-0.3, -0.25) is 13.6 Å². The van der Waals surface area contributed by atoms with Gasteiger partial charge < -0.3 is 54.7 Å². The molecule has 1 saturated heterocycles. The maximum atomic E-state index is 12.4. The van der Waals surface area contributed by atoms with Crippen LogP contribution in [0.5, 0.6) is 0 Å². The Morgan fingerprint density at radius 1 is 0.791 bits per heavy atom. The van der Waals surface area contributed by atoms with Crippen LogP contribution in [-0.4, -0.2) is 88.7 Å². The van der Waals surface area contributed by atoms with Crippen molar-refractivity contribution in [1.29, 1.82) is 0 Å². The third kappa shape index (κ3) is 10.6. The van der Waals surface area contributed by atoms with Crippen molar-refractivity contribution in [2.45, 2.75) is 24.5 Å². The summed E-state index contributed by atoms with van der Waals surface area (Å²) in [5, 5.41) is 10.9. The van der Waals surface area contributed by atoms with E-state index in [2.05, 4.69) is 41.2 Å². The summed E-state index contributed by atoms with van der Waals surface area (Å²) in [6, 6.07) is 0. The number of nitrogens with two attached hydrogens (primary N) is 1. The molecule has 2 aromatic heterocycles. The first kappa shape index (κ1) is 36.6. The molecule has 0 bridgehead atoms. The number of nitrogens with zero attached hydrogens (tertiary/aromatic N) is 4. The molecule has 0 amide bonds. The third-order valence-corrected chi connectivity index (χ3v) is 12.1. The minimum absolute atomic E-state index is 0.0561. The zero-order valence-corrected chi connectivity index (χ0v) is 25.4. The van der Waals surface area contributed by atoms with Gasteiger partial charge in [-0.1, -0.05) is 0 Å². The lowest BCUT2D eigenvalue weighted by atomic mass is 10.1. The molecular weight excluding hydrogens is 728 g/mol. The van der Waals surface area contributed by atoms with Crippen molar-refractivity contribution in [3.05, 3.63) is 12.7 Å². The molecule has 11 N–H and O–H groups in total. The number of hydrogen-bond donors (Lipinski definition) is 10. The molecule has 0 spiro atoms. The Kier molecular flexibility index (Phi) is 10.8. The molecular formula is C10H19N5O22P6. The number of hydrogen-bond acceptors (Lipinski definition) is 18. The van der Waals surface area contributed by atoms with E-state index in [0.29, 0.717) is 0 Å². The van der Waals surface area contributed by atoms with Gasteiger partial charge in [-0.05, 0) is 0 Å². The second-order valence-electron chi connectivity index (χ2n) is 7.69. The average molecular weight is 747 g/mol. The molecule has 8 unspecified atom stereocenters. The number of phosphoric ester groups is 2. The molecule has 0 saturated carbocycles. The number of imidazole rings is 1. The maximum Gasteiger partial charge on any atom is 0.490 e. The van der Waals surface area contributed by atoms with Gasteiger partial charge in [-0.2, -0.15) is 17.2 Å². The molecule has 8 atom stereocenters. The van der Waals surface area contributed by atoms with Crippen LogP contribution in [0, 0.1) is 0 Å². The van der Waals surface area contributed by atoms with E-state index in [9.17, 15) is 52.1 Å². The predicted octanol–water partition coefficient (Wildman–Crippen LogP) is -1.28. The molecule has 3 rings (SSSR count). The van der Waals surface area contributed by atoms with Crippen LogP contribution >= 0.6 is 46.9 Å². The quantitative estimate of drug-likeness (QED) is 0.101.